The second-order valence-corrected chi connectivity index (χ2v) is 10.9. The van der Waals surface area contributed by atoms with Crippen LogP contribution in [0.25, 0.3) is 0 Å². The Kier molecular flexibility index (Phi) is 12.4. The van der Waals surface area contributed by atoms with Gasteiger partial charge in [0.15, 0.2) is 0 Å². The molecule has 1 aromatic carbocycles. The van der Waals surface area contributed by atoms with E-state index in [4.69, 9.17) is 0 Å². The molecule has 1 aliphatic heterocycles. The lowest BCUT2D eigenvalue weighted by atomic mass is 10.0. The van der Waals surface area contributed by atoms with Gasteiger partial charge >= 0.3 is 0 Å². The first kappa shape index (κ1) is 29.4. The number of likely N-dealkylation sites (tertiary alicyclic amines) is 1. The highest BCUT2D eigenvalue weighted by molar-refractivity contribution is 5.24. The molecule has 0 bridgehead atoms. The maximum atomic E-state index is 9.64. The van der Waals surface area contributed by atoms with Gasteiger partial charge in [0.05, 0.1) is 12.3 Å². The summed E-state index contributed by atoms with van der Waals surface area (Å²) in [6, 6.07) is 15.5. The lowest BCUT2D eigenvalue weighted by Gasteiger charge is -2.24. The molecular formula is C33H47N5O. The van der Waals surface area contributed by atoms with Gasteiger partial charge < -0.3 is 15.7 Å². The van der Waals surface area contributed by atoms with Gasteiger partial charge in [-0.2, -0.15) is 0 Å². The van der Waals surface area contributed by atoms with Crippen LogP contribution in [0.2, 0.25) is 0 Å². The van der Waals surface area contributed by atoms with Crippen LogP contribution in [0.15, 0.2) is 84.1 Å². The first-order valence-corrected chi connectivity index (χ1v) is 14.7. The fourth-order valence-corrected chi connectivity index (χ4v) is 5.35. The van der Waals surface area contributed by atoms with Crippen LogP contribution in [-0.2, 0) is 19.6 Å². The molecule has 2 heterocycles. The smallest absolute Gasteiger partial charge is 0.0587 e. The van der Waals surface area contributed by atoms with Gasteiger partial charge in [0.1, 0.15) is 0 Å². The van der Waals surface area contributed by atoms with E-state index >= 15 is 0 Å². The third-order valence-electron chi connectivity index (χ3n) is 7.78. The van der Waals surface area contributed by atoms with Gasteiger partial charge in [-0.25, -0.2) is 0 Å². The Labute approximate surface area is 235 Å². The highest BCUT2D eigenvalue weighted by Crippen LogP contribution is 2.20. The van der Waals surface area contributed by atoms with Crippen molar-refractivity contribution >= 4 is 0 Å². The minimum absolute atomic E-state index is 0.264. The van der Waals surface area contributed by atoms with Crippen LogP contribution in [0, 0.1) is 0 Å². The third-order valence-corrected chi connectivity index (χ3v) is 7.78. The quantitative estimate of drug-likeness (QED) is 0.297. The van der Waals surface area contributed by atoms with Gasteiger partial charge in [0.25, 0.3) is 0 Å². The Hall–Kier alpha value is -2.61. The van der Waals surface area contributed by atoms with Crippen molar-refractivity contribution in [1.82, 2.24) is 25.4 Å². The van der Waals surface area contributed by atoms with Crippen LogP contribution in [-0.4, -0.2) is 71.8 Å². The number of aromatic nitrogens is 1. The second kappa shape index (κ2) is 16.5. The number of hydrogen-bond donors (Lipinski definition) is 3. The zero-order valence-electron chi connectivity index (χ0n) is 23.7. The van der Waals surface area contributed by atoms with Gasteiger partial charge in [-0.3, -0.25) is 14.8 Å². The largest absolute Gasteiger partial charge is 0.395 e. The molecule has 1 atom stereocenters. The number of nitrogens with zero attached hydrogens (tertiary/aromatic N) is 3. The van der Waals surface area contributed by atoms with E-state index in [1.165, 1.54) is 28.7 Å². The molecule has 210 valence electrons. The van der Waals surface area contributed by atoms with Crippen LogP contribution < -0.4 is 10.6 Å². The first-order valence-electron chi connectivity index (χ1n) is 14.7. The number of aliphatic hydroxyl groups excluding tert-OH is 1. The highest BCUT2D eigenvalue weighted by Gasteiger charge is 2.23. The van der Waals surface area contributed by atoms with E-state index in [1.54, 1.807) is 0 Å². The van der Waals surface area contributed by atoms with E-state index in [0.29, 0.717) is 6.04 Å². The van der Waals surface area contributed by atoms with Crippen LogP contribution in [0.5, 0.6) is 0 Å². The molecule has 2 aromatic rings. The molecule has 3 N–H and O–H groups in total. The summed E-state index contributed by atoms with van der Waals surface area (Å²) in [6.07, 6.45) is 15.2. The summed E-state index contributed by atoms with van der Waals surface area (Å²) in [5.41, 5.74) is 6.67. The van der Waals surface area contributed by atoms with E-state index < -0.39 is 0 Å². The number of rotatable bonds is 15. The fourth-order valence-electron chi connectivity index (χ4n) is 5.35. The molecule has 0 amide bonds. The van der Waals surface area contributed by atoms with Crippen LogP contribution >= 0.6 is 0 Å². The van der Waals surface area contributed by atoms with Crippen molar-refractivity contribution in [1.29, 1.82) is 0 Å². The van der Waals surface area contributed by atoms with Gasteiger partial charge in [0.2, 0.25) is 0 Å². The molecule has 1 saturated heterocycles. The lowest BCUT2D eigenvalue weighted by molar-refractivity contribution is 0.153. The van der Waals surface area contributed by atoms with Gasteiger partial charge in [0, 0.05) is 64.6 Å². The van der Waals surface area contributed by atoms with E-state index in [1.807, 2.05) is 18.3 Å². The first-order chi connectivity index (χ1) is 19.2. The predicted octanol–water partition coefficient (Wildman–Crippen LogP) is 4.44. The normalized spacial score (nSPS) is 21.7. The SMILES string of the molecule is C\C1=C/C=C\C=C(\CNCCN(CCNCc2ccccn2)Cc2ccc(CN3CCC[C@@H]3CO)cc2)CC1. The number of pyridine rings is 1. The number of hydrogen-bond acceptors (Lipinski definition) is 6. The predicted molar refractivity (Wildman–Crippen MR) is 161 cm³/mol. The molecule has 2 aliphatic rings. The molecule has 39 heavy (non-hydrogen) atoms. The zero-order chi connectivity index (χ0) is 27.1. The molecule has 0 radical (unpaired) electrons. The van der Waals surface area contributed by atoms with E-state index in [2.05, 4.69) is 87.0 Å². The van der Waals surface area contributed by atoms with Crippen LogP contribution in [0.3, 0.4) is 0 Å². The molecule has 0 saturated carbocycles. The summed E-state index contributed by atoms with van der Waals surface area (Å²) >= 11 is 0. The molecule has 1 fully saturated rings. The standard InChI is InChI=1S/C33H47N5O/c1-28-7-2-3-8-29(12-11-28)23-34-18-21-37(22-19-35-24-32-9-4-5-17-36-32)25-30-13-15-31(16-14-30)26-38-20-6-10-33(38)27-39/h2-5,7-9,13-17,33-35,39H,6,10-12,18-27H2,1H3/b3-2-,28-7+,29-8+/t33-/m1/s1. The Bertz CT molecular complexity index is 1060. The Balaban J connectivity index is 1.26. The monoisotopic (exact) mass is 529 g/mol. The zero-order valence-corrected chi connectivity index (χ0v) is 23.7. The van der Waals surface area contributed by atoms with Gasteiger partial charge in [-0.05, 0) is 62.4 Å². The maximum Gasteiger partial charge on any atom is 0.0587 e. The molecular weight excluding hydrogens is 482 g/mol. The van der Waals surface area contributed by atoms with Crippen molar-refractivity contribution in [2.24, 2.45) is 0 Å². The summed E-state index contributed by atoms with van der Waals surface area (Å²) in [6.45, 7) is 11.0. The minimum Gasteiger partial charge on any atom is -0.395 e. The summed E-state index contributed by atoms with van der Waals surface area (Å²) in [5, 5.41) is 16.9. The van der Waals surface area contributed by atoms with Gasteiger partial charge in [-0.1, -0.05) is 65.8 Å². The molecule has 6 nitrogen and oxygen atoms in total. The number of allylic oxidation sites excluding steroid dienone is 5. The van der Waals surface area contributed by atoms with Crippen molar-refractivity contribution in [3.05, 3.63) is 101 Å². The lowest BCUT2D eigenvalue weighted by Crippen LogP contribution is -2.37. The van der Waals surface area contributed by atoms with E-state index in [-0.39, 0.29) is 6.61 Å². The van der Waals surface area contributed by atoms with Crippen molar-refractivity contribution in [3.8, 4) is 0 Å². The minimum atomic E-state index is 0.264. The van der Waals surface area contributed by atoms with Crippen molar-refractivity contribution < 1.29 is 5.11 Å². The Morgan fingerprint density at radius 1 is 0.949 bits per heavy atom. The second-order valence-electron chi connectivity index (χ2n) is 10.9. The van der Waals surface area contributed by atoms with Crippen molar-refractivity contribution in [3.63, 3.8) is 0 Å². The van der Waals surface area contributed by atoms with E-state index in [9.17, 15) is 5.11 Å². The summed E-state index contributed by atoms with van der Waals surface area (Å²) in [7, 11) is 0. The summed E-state index contributed by atoms with van der Waals surface area (Å²) < 4.78 is 0. The molecule has 1 aliphatic carbocycles. The molecule has 0 spiro atoms. The topological polar surface area (TPSA) is 63.7 Å². The van der Waals surface area contributed by atoms with E-state index in [0.717, 1.165) is 83.9 Å². The Morgan fingerprint density at radius 3 is 2.49 bits per heavy atom. The highest BCUT2D eigenvalue weighted by atomic mass is 16.3. The molecule has 0 unspecified atom stereocenters. The molecule has 1 aromatic heterocycles. The number of aliphatic hydroxyl groups is 1. The van der Waals surface area contributed by atoms with Crippen molar-refractivity contribution in [2.75, 3.05) is 45.9 Å². The third kappa shape index (κ3) is 10.5. The average molecular weight is 530 g/mol. The molecule has 6 heteroatoms. The Morgan fingerprint density at radius 2 is 1.72 bits per heavy atom. The summed E-state index contributed by atoms with van der Waals surface area (Å²) in [5.74, 6) is 0. The average Bonchev–Trinajstić information content (AvgIpc) is 3.41. The molecule has 4 rings (SSSR count). The number of nitrogens with one attached hydrogen (secondary N) is 2. The summed E-state index contributed by atoms with van der Waals surface area (Å²) in [4.78, 5) is 9.38. The number of benzene rings is 1. The van der Waals surface area contributed by atoms with Gasteiger partial charge in [-0.15, -0.1) is 0 Å². The maximum absolute atomic E-state index is 9.64. The van der Waals surface area contributed by atoms with Crippen LogP contribution in [0.4, 0.5) is 0 Å². The van der Waals surface area contributed by atoms with Crippen molar-refractivity contribution in [2.45, 2.75) is 58.3 Å². The fraction of sp³-hybridized carbons (Fsp3) is 0.485. The van der Waals surface area contributed by atoms with Crippen LogP contribution in [0.1, 0.15) is 49.4 Å².